The average Bonchev–Trinajstić information content (AvgIpc) is 2.51. The number of fused-ring (bicyclic) bond motifs is 1. The molecule has 92 valence electrons. The molecule has 1 aromatic rings. The SMILES string of the molecule is CCNCCN1C(=O)c2ccccc2S1(=O)=O. The Morgan fingerprint density at radius 2 is 2.00 bits per heavy atom. The first-order valence-corrected chi connectivity index (χ1v) is 6.90. The lowest BCUT2D eigenvalue weighted by Gasteiger charge is -2.14. The third-order valence-corrected chi connectivity index (χ3v) is 4.49. The Balaban J connectivity index is 2.31. The number of hydrogen-bond acceptors (Lipinski definition) is 4. The van der Waals surface area contributed by atoms with Crippen molar-refractivity contribution in [2.75, 3.05) is 19.6 Å². The second kappa shape index (κ2) is 4.46. The zero-order valence-electron chi connectivity index (χ0n) is 9.51. The van der Waals surface area contributed by atoms with Crippen LogP contribution in [0, 0.1) is 0 Å². The molecule has 0 saturated heterocycles. The van der Waals surface area contributed by atoms with E-state index in [0.717, 1.165) is 10.8 Å². The Bertz CT molecular complexity index is 539. The number of hydrogen-bond donors (Lipinski definition) is 1. The standard InChI is InChI=1S/C11H14N2O3S/c1-2-12-7-8-13-11(14)9-5-3-4-6-10(9)17(13,15)16/h3-6,12H,2,7-8H2,1H3. The second-order valence-corrected chi connectivity index (χ2v) is 5.56. The van der Waals surface area contributed by atoms with E-state index in [4.69, 9.17) is 0 Å². The van der Waals surface area contributed by atoms with E-state index in [-0.39, 0.29) is 17.0 Å². The first-order chi connectivity index (χ1) is 8.09. The molecule has 0 spiro atoms. The number of nitrogens with one attached hydrogen (secondary N) is 1. The van der Waals surface area contributed by atoms with Crippen LogP contribution in [-0.2, 0) is 10.0 Å². The Labute approximate surface area is 100 Å². The molecule has 1 N–H and O–H groups in total. The van der Waals surface area contributed by atoms with Gasteiger partial charge in [0.2, 0.25) is 0 Å². The fourth-order valence-corrected chi connectivity index (χ4v) is 3.38. The molecular weight excluding hydrogens is 240 g/mol. The lowest BCUT2D eigenvalue weighted by Crippen LogP contribution is -2.36. The fraction of sp³-hybridized carbons (Fsp3) is 0.364. The van der Waals surface area contributed by atoms with Crippen molar-refractivity contribution in [3.63, 3.8) is 0 Å². The maximum Gasteiger partial charge on any atom is 0.269 e. The van der Waals surface area contributed by atoms with Gasteiger partial charge in [0.1, 0.15) is 4.90 Å². The molecule has 0 bridgehead atoms. The van der Waals surface area contributed by atoms with Crippen LogP contribution in [0.25, 0.3) is 0 Å². The second-order valence-electron chi connectivity index (χ2n) is 3.73. The van der Waals surface area contributed by atoms with Crippen molar-refractivity contribution in [2.45, 2.75) is 11.8 Å². The minimum Gasteiger partial charge on any atom is -0.315 e. The molecule has 0 saturated carbocycles. The van der Waals surface area contributed by atoms with Crippen LogP contribution in [0.1, 0.15) is 17.3 Å². The van der Waals surface area contributed by atoms with E-state index in [0.29, 0.717) is 6.54 Å². The molecule has 17 heavy (non-hydrogen) atoms. The fourth-order valence-electron chi connectivity index (χ4n) is 1.81. The minimum atomic E-state index is -3.63. The molecule has 1 aliphatic heterocycles. The lowest BCUT2D eigenvalue weighted by molar-refractivity contribution is 0.0872. The summed E-state index contributed by atoms with van der Waals surface area (Å²) < 4.78 is 25.1. The van der Waals surface area contributed by atoms with Crippen LogP contribution in [0.5, 0.6) is 0 Å². The van der Waals surface area contributed by atoms with Gasteiger partial charge in [0.25, 0.3) is 15.9 Å². The van der Waals surface area contributed by atoms with Gasteiger partial charge in [-0.25, -0.2) is 12.7 Å². The lowest BCUT2D eigenvalue weighted by atomic mass is 10.2. The normalized spacial score (nSPS) is 17.2. The van der Waals surface area contributed by atoms with E-state index < -0.39 is 15.9 Å². The van der Waals surface area contributed by atoms with E-state index >= 15 is 0 Å². The van der Waals surface area contributed by atoms with Crippen LogP contribution < -0.4 is 5.32 Å². The molecule has 0 aromatic heterocycles. The van der Waals surface area contributed by atoms with E-state index in [9.17, 15) is 13.2 Å². The third kappa shape index (κ3) is 1.94. The number of carbonyl (C=O) groups excluding carboxylic acids is 1. The van der Waals surface area contributed by atoms with Gasteiger partial charge in [-0.3, -0.25) is 4.79 Å². The molecule has 0 unspecified atom stereocenters. The molecule has 0 aliphatic carbocycles. The Hall–Kier alpha value is -1.40. The smallest absolute Gasteiger partial charge is 0.269 e. The largest absolute Gasteiger partial charge is 0.315 e. The molecule has 5 nitrogen and oxygen atoms in total. The van der Waals surface area contributed by atoms with Gasteiger partial charge in [0.05, 0.1) is 12.1 Å². The summed E-state index contributed by atoms with van der Waals surface area (Å²) in [5, 5.41) is 3.00. The van der Waals surface area contributed by atoms with E-state index in [1.54, 1.807) is 18.2 Å². The topological polar surface area (TPSA) is 66.5 Å². The van der Waals surface area contributed by atoms with Crippen molar-refractivity contribution < 1.29 is 13.2 Å². The van der Waals surface area contributed by atoms with Crippen molar-refractivity contribution in [1.29, 1.82) is 0 Å². The van der Waals surface area contributed by atoms with Gasteiger partial charge in [-0.15, -0.1) is 0 Å². The summed E-state index contributed by atoms with van der Waals surface area (Å²) in [6, 6.07) is 6.30. The molecule has 1 heterocycles. The molecule has 0 atom stereocenters. The summed E-state index contributed by atoms with van der Waals surface area (Å²) in [5.41, 5.74) is 0.268. The van der Waals surface area contributed by atoms with Crippen LogP contribution >= 0.6 is 0 Å². The molecule has 2 rings (SSSR count). The third-order valence-electron chi connectivity index (χ3n) is 2.65. The highest BCUT2D eigenvalue weighted by Gasteiger charge is 2.40. The number of nitrogens with zero attached hydrogens (tertiary/aromatic N) is 1. The van der Waals surface area contributed by atoms with Gasteiger partial charge in [-0.1, -0.05) is 19.1 Å². The molecule has 1 aromatic carbocycles. The van der Waals surface area contributed by atoms with Gasteiger partial charge >= 0.3 is 0 Å². The summed E-state index contributed by atoms with van der Waals surface area (Å²) >= 11 is 0. The van der Waals surface area contributed by atoms with E-state index in [1.165, 1.54) is 6.07 Å². The summed E-state index contributed by atoms with van der Waals surface area (Å²) in [6.07, 6.45) is 0. The summed E-state index contributed by atoms with van der Waals surface area (Å²) in [5.74, 6) is -0.432. The van der Waals surface area contributed by atoms with Crippen LogP contribution in [-0.4, -0.2) is 38.3 Å². The zero-order valence-corrected chi connectivity index (χ0v) is 10.3. The Kier molecular flexibility index (Phi) is 3.17. The number of rotatable bonds is 4. The van der Waals surface area contributed by atoms with Gasteiger partial charge in [0.15, 0.2) is 0 Å². The number of carbonyl (C=O) groups is 1. The first kappa shape index (κ1) is 12.1. The molecule has 1 amide bonds. The van der Waals surface area contributed by atoms with Crippen molar-refractivity contribution in [1.82, 2.24) is 9.62 Å². The predicted octanol–water partition coefficient (Wildman–Crippen LogP) is 0.441. The number of sulfonamides is 1. The van der Waals surface area contributed by atoms with Crippen LogP contribution in [0.4, 0.5) is 0 Å². The molecule has 0 radical (unpaired) electrons. The van der Waals surface area contributed by atoms with Crippen molar-refractivity contribution in [3.8, 4) is 0 Å². The summed E-state index contributed by atoms with van der Waals surface area (Å²) in [6.45, 7) is 3.31. The minimum absolute atomic E-state index is 0.112. The number of likely N-dealkylation sites (N-methyl/N-ethyl adjacent to an activating group) is 1. The average molecular weight is 254 g/mol. The Morgan fingerprint density at radius 3 is 2.65 bits per heavy atom. The highest BCUT2D eigenvalue weighted by atomic mass is 32.2. The highest BCUT2D eigenvalue weighted by Crippen LogP contribution is 2.29. The van der Waals surface area contributed by atoms with Crippen molar-refractivity contribution in [3.05, 3.63) is 29.8 Å². The number of benzene rings is 1. The zero-order chi connectivity index (χ0) is 12.5. The van der Waals surface area contributed by atoms with Gasteiger partial charge in [-0.05, 0) is 18.7 Å². The maximum absolute atomic E-state index is 12.1. The maximum atomic E-state index is 12.1. The van der Waals surface area contributed by atoms with Crippen LogP contribution in [0.15, 0.2) is 29.2 Å². The summed E-state index contributed by atoms with van der Waals surface area (Å²) in [4.78, 5) is 12.0. The van der Waals surface area contributed by atoms with Crippen molar-refractivity contribution in [2.24, 2.45) is 0 Å². The molecular formula is C11H14N2O3S. The van der Waals surface area contributed by atoms with Gasteiger partial charge < -0.3 is 5.32 Å². The van der Waals surface area contributed by atoms with Crippen molar-refractivity contribution >= 4 is 15.9 Å². The quantitative estimate of drug-likeness (QED) is 0.792. The molecule has 0 fully saturated rings. The summed E-state index contributed by atoms with van der Waals surface area (Å²) in [7, 11) is -3.63. The monoisotopic (exact) mass is 254 g/mol. The Morgan fingerprint density at radius 1 is 1.29 bits per heavy atom. The van der Waals surface area contributed by atoms with E-state index in [1.807, 2.05) is 6.92 Å². The molecule has 1 aliphatic rings. The molecule has 6 heteroatoms. The highest BCUT2D eigenvalue weighted by molar-refractivity contribution is 7.90. The van der Waals surface area contributed by atoms with Crippen LogP contribution in [0.3, 0.4) is 0 Å². The predicted molar refractivity (Wildman–Crippen MR) is 63.2 cm³/mol. The first-order valence-electron chi connectivity index (χ1n) is 5.46. The van der Waals surface area contributed by atoms with Gasteiger partial charge in [0, 0.05) is 6.54 Å². The number of amides is 1. The van der Waals surface area contributed by atoms with Gasteiger partial charge in [-0.2, -0.15) is 0 Å². The van der Waals surface area contributed by atoms with Crippen LogP contribution in [0.2, 0.25) is 0 Å². The van der Waals surface area contributed by atoms with E-state index in [2.05, 4.69) is 5.32 Å².